The van der Waals surface area contributed by atoms with Gasteiger partial charge in [-0.1, -0.05) is 12.1 Å². The summed E-state index contributed by atoms with van der Waals surface area (Å²) in [6.45, 7) is 1.76. The number of alkyl carbamates (subject to hydrolysis) is 1. The van der Waals surface area contributed by atoms with Gasteiger partial charge >= 0.3 is 12.3 Å². The fraction of sp³-hybridized carbons (Fsp3) is 0.385. The molecule has 0 saturated carbocycles. The number of alkyl halides is 3. The van der Waals surface area contributed by atoms with Crippen molar-refractivity contribution in [1.82, 2.24) is 10.6 Å². The molecule has 0 radical (unpaired) electrons. The third kappa shape index (κ3) is 3.45. The molecule has 2 unspecified atom stereocenters. The molecule has 114 valence electrons. The average Bonchev–Trinajstić information content (AvgIpc) is 2.78. The summed E-state index contributed by atoms with van der Waals surface area (Å²) in [6.07, 6.45) is -5.10. The van der Waals surface area contributed by atoms with Crippen molar-refractivity contribution in [3.63, 3.8) is 0 Å². The van der Waals surface area contributed by atoms with Gasteiger partial charge in [0.05, 0.1) is 24.8 Å². The number of halogens is 3. The summed E-state index contributed by atoms with van der Waals surface area (Å²) in [7, 11) is 1.21. The molecule has 2 rings (SSSR count). The first-order chi connectivity index (χ1) is 9.81. The quantitative estimate of drug-likeness (QED) is 0.837. The maximum atomic E-state index is 12.7. The molecule has 0 bridgehead atoms. The maximum absolute atomic E-state index is 12.7. The van der Waals surface area contributed by atoms with Crippen molar-refractivity contribution in [3.05, 3.63) is 35.4 Å². The lowest BCUT2D eigenvalue weighted by Crippen LogP contribution is -2.41. The molecular formula is C13H14F3N3O2. The Balaban J connectivity index is 2.23. The van der Waals surface area contributed by atoms with E-state index >= 15 is 0 Å². The zero-order chi connectivity index (χ0) is 15.6. The molecule has 2 atom stereocenters. The highest BCUT2D eigenvalue weighted by atomic mass is 19.4. The fourth-order valence-corrected chi connectivity index (χ4v) is 2.06. The highest BCUT2D eigenvalue weighted by Gasteiger charge is 2.33. The van der Waals surface area contributed by atoms with Crippen molar-refractivity contribution < 1.29 is 22.7 Å². The van der Waals surface area contributed by atoms with Crippen LogP contribution in [0.4, 0.5) is 18.0 Å². The smallest absolute Gasteiger partial charge is 0.416 e. The monoisotopic (exact) mass is 301 g/mol. The Bertz CT molecular complexity index is 572. The molecule has 0 fully saturated rings. The van der Waals surface area contributed by atoms with Crippen LogP contribution < -0.4 is 10.6 Å². The molecule has 5 nitrogen and oxygen atoms in total. The molecule has 1 aromatic rings. The van der Waals surface area contributed by atoms with Crippen LogP contribution in [0.1, 0.15) is 24.1 Å². The molecule has 0 spiro atoms. The molecular weight excluding hydrogens is 287 g/mol. The molecule has 1 amide bonds. The van der Waals surface area contributed by atoms with Gasteiger partial charge in [-0.05, 0) is 24.6 Å². The summed E-state index contributed by atoms with van der Waals surface area (Å²) < 4.78 is 42.6. The summed E-state index contributed by atoms with van der Waals surface area (Å²) >= 11 is 0. The van der Waals surface area contributed by atoms with Crippen LogP contribution in [0.2, 0.25) is 0 Å². The van der Waals surface area contributed by atoms with E-state index in [9.17, 15) is 18.0 Å². The van der Waals surface area contributed by atoms with Crippen LogP contribution in [-0.2, 0) is 10.9 Å². The van der Waals surface area contributed by atoms with Gasteiger partial charge in [0.15, 0.2) is 0 Å². The number of carbonyl (C=O) groups excluding carboxylic acids is 1. The molecule has 8 heteroatoms. The van der Waals surface area contributed by atoms with E-state index in [1.165, 1.54) is 13.2 Å². The summed E-state index contributed by atoms with van der Waals surface area (Å²) in [5, 5.41) is 5.24. The minimum atomic E-state index is -4.40. The van der Waals surface area contributed by atoms with Crippen LogP contribution in [0, 0.1) is 0 Å². The zero-order valence-electron chi connectivity index (χ0n) is 11.4. The lowest BCUT2D eigenvalue weighted by molar-refractivity contribution is -0.137. The zero-order valence-corrected chi connectivity index (χ0v) is 11.4. The second-order valence-corrected chi connectivity index (χ2v) is 4.60. The van der Waals surface area contributed by atoms with Gasteiger partial charge in [0.25, 0.3) is 0 Å². The number of hydrogen-bond donors (Lipinski definition) is 2. The second-order valence-electron chi connectivity index (χ2n) is 4.60. The average molecular weight is 301 g/mol. The number of carbonyl (C=O) groups is 1. The van der Waals surface area contributed by atoms with Gasteiger partial charge in [0.1, 0.15) is 0 Å². The van der Waals surface area contributed by atoms with Gasteiger partial charge < -0.3 is 10.1 Å². The van der Waals surface area contributed by atoms with Gasteiger partial charge in [-0.25, -0.2) is 9.79 Å². The normalized spacial score (nSPS) is 21.5. The first-order valence-electron chi connectivity index (χ1n) is 6.17. The molecule has 1 aliphatic rings. The molecule has 1 aliphatic heterocycles. The third-order valence-corrected chi connectivity index (χ3v) is 3.07. The molecule has 21 heavy (non-hydrogen) atoms. The van der Waals surface area contributed by atoms with Crippen LogP contribution in [0.25, 0.3) is 0 Å². The molecule has 1 heterocycles. The van der Waals surface area contributed by atoms with E-state index in [1.807, 2.05) is 0 Å². The first-order valence-corrected chi connectivity index (χ1v) is 6.17. The first kappa shape index (κ1) is 15.1. The van der Waals surface area contributed by atoms with E-state index in [4.69, 9.17) is 0 Å². The number of aliphatic imine (C=N–C) groups is 1. The molecule has 0 aliphatic carbocycles. The minimum absolute atomic E-state index is 0.178. The summed E-state index contributed by atoms with van der Waals surface area (Å²) in [5.41, 5.74) is -0.303. The largest absolute Gasteiger partial charge is 0.453 e. The topological polar surface area (TPSA) is 62.7 Å². The van der Waals surface area contributed by atoms with Crippen molar-refractivity contribution >= 4 is 12.1 Å². The SMILES string of the molecule is COC(=O)NC1=NC(c2cccc(C(F)(F)F)c2)C(C)N1. The number of hydrogen-bond acceptors (Lipinski definition) is 4. The highest BCUT2D eigenvalue weighted by molar-refractivity contribution is 5.95. The number of methoxy groups -OCH3 is 1. The predicted molar refractivity (Wildman–Crippen MR) is 69.8 cm³/mol. The Labute approximate surface area is 119 Å². The Morgan fingerprint density at radius 2 is 2.14 bits per heavy atom. The number of benzene rings is 1. The minimum Gasteiger partial charge on any atom is -0.453 e. The van der Waals surface area contributed by atoms with Crippen LogP contribution >= 0.6 is 0 Å². The number of rotatable bonds is 1. The van der Waals surface area contributed by atoms with Gasteiger partial charge in [-0.3, -0.25) is 5.32 Å². The second kappa shape index (κ2) is 5.63. The Morgan fingerprint density at radius 3 is 2.76 bits per heavy atom. The van der Waals surface area contributed by atoms with E-state index < -0.39 is 23.9 Å². The number of nitrogens with one attached hydrogen (secondary N) is 2. The van der Waals surface area contributed by atoms with Crippen molar-refractivity contribution in [2.45, 2.75) is 25.2 Å². The van der Waals surface area contributed by atoms with Gasteiger partial charge in [0, 0.05) is 0 Å². The van der Waals surface area contributed by atoms with Crippen molar-refractivity contribution in [3.8, 4) is 0 Å². The van der Waals surface area contributed by atoms with Crippen molar-refractivity contribution in [2.75, 3.05) is 7.11 Å². The Kier molecular flexibility index (Phi) is 4.06. The number of guanidine groups is 1. The van der Waals surface area contributed by atoms with Crippen molar-refractivity contribution in [2.24, 2.45) is 4.99 Å². The summed E-state index contributed by atoms with van der Waals surface area (Å²) in [6, 6.07) is 4.22. The van der Waals surface area contributed by atoms with Crippen LogP contribution in [0.15, 0.2) is 29.3 Å². The highest BCUT2D eigenvalue weighted by Crippen LogP contribution is 2.33. The number of nitrogens with zero attached hydrogens (tertiary/aromatic N) is 1. The third-order valence-electron chi connectivity index (χ3n) is 3.07. The van der Waals surface area contributed by atoms with Gasteiger partial charge in [-0.2, -0.15) is 13.2 Å². The van der Waals surface area contributed by atoms with Crippen LogP contribution in [0.3, 0.4) is 0 Å². The number of ether oxygens (including phenoxy) is 1. The Morgan fingerprint density at radius 1 is 1.43 bits per heavy atom. The predicted octanol–water partition coefficient (Wildman–Crippen LogP) is 2.45. The van der Waals surface area contributed by atoms with E-state index in [2.05, 4.69) is 20.4 Å². The van der Waals surface area contributed by atoms with E-state index in [0.29, 0.717) is 5.56 Å². The lowest BCUT2D eigenvalue weighted by Gasteiger charge is -2.15. The van der Waals surface area contributed by atoms with E-state index in [0.717, 1.165) is 12.1 Å². The number of amides is 1. The van der Waals surface area contributed by atoms with Crippen LogP contribution in [-0.4, -0.2) is 25.2 Å². The lowest BCUT2D eigenvalue weighted by atomic mass is 10.00. The van der Waals surface area contributed by atoms with Crippen molar-refractivity contribution in [1.29, 1.82) is 0 Å². The molecule has 0 aromatic heterocycles. The summed E-state index contributed by atoms with van der Waals surface area (Å²) in [4.78, 5) is 15.3. The maximum Gasteiger partial charge on any atom is 0.416 e. The summed E-state index contributed by atoms with van der Waals surface area (Å²) in [5.74, 6) is 0.178. The Hall–Kier alpha value is -2.25. The standard InChI is InChI=1S/C13H14F3N3O2/c1-7-10(18-11(17-7)19-12(20)21-2)8-4-3-5-9(6-8)13(14,15)16/h3-7,10H,1-2H3,(H2,17,18,19,20). The van der Waals surface area contributed by atoms with E-state index in [1.54, 1.807) is 13.0 Å². The van der Waals surface area contributed by atoms with Gasteiger partial charge in [0.2, 0.25) is 5.96 Å². The fourth-order valence-electron chi connectivity index (χ4n) is 2.06. The molecule has 1 aromatic carbocycles. The molecule has 2 N–H and O–H groups in total. The van der Waals surface area contributed by atoms with E-state index in [-0.39, 0.29) is 12.0 Å². The van der Waals surface area contributed by atoms with Gasteiger partial charge in [-0.15, -0.1) is 0 Å². The molecule has 0 saturated heterocycles. The van der Waals surface area contributed by atoms with Crippen LogP contribution in [0.5, 0.6) is 0 Å².